The van der Waals surface area contributed by atoms with E-state index in [1.54, 1.807) is 38.5 Å². The fourth-order valence-electron chi connectivity index (χ4n) is 5.93. The van der Waals surface area contributed by atoms with Crippen LogP contribution in [0.4, 0.5) is 0 Å². The lowest BCUT2D eigenvalue weighted by Gasteiger charge is -2.57. The van der Waals surface area contributed by atoms with Crippen molar-refractivity contribution in [3.8, 4) is 0 Å². The number of nitrogens with one attached hydrogen (secondary N) is 1. The Morgan fingerprint density at radius 3 is 1.89 bits per heavy atom. The van der Waals surface area contributed by atoms with E-state index in [-0.39, 0.29) is 0 Å². The Morgan fingerprint density at radius 1 is 1.00 bits per heavy atom. The van der Waals surface area contributed by atoms with Gasteiger partial charge in [-0.1, -0.05) is 13.8 Å². The fourth-order valence-corrected chi connectivity index (χ4v) is 5.93. The van der Waals surface area contributed by atoms with Crippen LogP contribution in [0.25, 0.3) is 0 Å². The van der Waals surface area contributed by atoms with Gasteiger partial charge in [-0.3, -0.25) is 0 Å². The lowest BCUT2D eigenvalue weighted by atomic mass is 9.48. The molecular weight excluding hydrogens is 218 g/mol. The van der Waals surface area contributed by atoms with E-state index in [0.29, 0.717) is 0 Å². The molecule has 1 nitrogen and oxygen atoms in total. The molecule has 1 N–H and O–H groups in total. The molecule has 4 saturated carbocycles. The molecule has 0 aromatic heterocycles. The van der Waals surface area contributed by atoms with Crippen molar-refractivity contribution >= 4 is 0 Å². The second-order valence-corrected chi connectivity index (χ2v) is 8.24. The van der Waals surface area contributed by atoms with Crippen LogP contribution in [-0.4, -0.2) is 13.1 Å². The SMILES string of the molecule is CNC(CC(C)C)CC12CC3CC(CC(C3)C1)C2. The molecule has 0 amide bonds. The van der Waals surface area contributed by atoms with Crippen LogP contribution < -0.4 is 5.32 Å². The third-order valence-electron chi connectivity index (χ3n) is 6.01. The third-order valence-corrected chi connectivity index (χ3v) is 6.01. The normalized spacial score (nSPS) is 43.7. The van der Waals surface area contributed by atoms with Gasteiger partial charge in [-0.25, -0.2) is 0 Å². The van der Waals surface area contributed by atoms with Crippen molar-refractivity contribution < 1.29 is 0 Å². The third kappa shape index (κ3) is 2.48. The van der Waals surface area contributed by atoms with Crippen molar-refractivity contribution in [2.75, 3.05) is 7.05 Å². The summed E-state index contributed by atoms with van der Waals surface area (Å²) >= 11 is 0. The van der Waals surface area contributed by atoms with Gasteiger partial charge in [-0.05, 0) is 87.5 Å². The van der Waals surface area contributed by atoms with E-state index in [9.17, 15) is 0 Å². The van der Waals surface area contributed by atoms with E-state index in [1.807, 2.05) is 0 Å². The molecule has 104 valence electrons. The Bertz CT molecular complexity index is 259. The van der Waals surface area contributed by atoms with Gasteiger partial charge >= 0.3 is 0 Å². The predicted molar refractivity (Wildman–Crippen MR) is 77.5 cm³/mol. The van der Waals surface area contributed by atoms with Crippen molar-refractivity contribution in [3.05, 3.63) is 0 Å². The second kappa shape index (κ2) is 4.81. The summed E-state index contributed by atoms with van der Waals surface area (Å²) in [5.74, 6) is 4.14. The molecule has 4 bridgehead atoms. The molecule has 1 heteroatoms. The van der Waals surface area contributed by atoms with Crippen molar-refractivity contribution in [2.24, 2.45) is 29.1 Å². The van der Waals surface area contributed by atoms with Crippen molar-refractivity contribution in [1.82, 2.24) is 5.32 Å². The van der Waals surface area contributed by atoms with Crippen LogP contribution in [0.1, 0.15) is 65.2 Å². The predicted octanol–water partition coefficient (Wildman–Crippen LogP) is 4.23. The van der Waals surface area contributed by atoms with Gasteiger partial charge in [0, 0.05) is 6.04 Å². The Balaban J connectivity index is 1.67. The van der Waals surface area contributed by atoms with E-state index in [1.165, 1.54) is 12.8 Å². The summed E-state index contributed by atoms with van der Waals surface area (Å²) in [6, 6.07) is 0.765. The highest BCUT2D eigenvalue weighted by Crippen LogP contribution is 2.61. The summed E-state index contributed by atoms with van der Waals surface area (Å²) in [5, 5.41) is 3.61. The zero-order chi connectivity index (χ0) is 12.8. The van der Waals surface area contributed by atoms with Crippen molar-refractivity contribution in [1.29, 1.82) is 0 Å². The molecule has 0 aliphatic heterocycles. The van der Waals surface area contributed by atoms with Crippen molar-refractivity contribution in [2.45, 2.75) is 71.3 Å². The highest BCUT2D eigenvalue weighted by atomic mass is 14.9. The zero-order valence-electron chi connectivity index (χ0n) is 12.5. The Hall–Kier alpha value is -0.0400. The Morgan fingerprint density at radius 2 is 1.50 bits per heavy atom. The largest absolute Gasteiger partial charge is 0.317 e. The molecule has 1 unspecified atom stereocenters. The molecule has 0 saturated heterocycles. The monoisotopic (exact) mass is 249 g/mol. The van der Waals surface area contributed by atoms with Crippen LogP contribution in [0.15, 0.2) is 0 Å². The average Bonchev–Trinajstić information content (AvgIpc) is 2.25. The van der Waals surface area contributed by atoms with E-state index in [4.69, 9.17) is 0 Å². The minimum atomic E-state index is 0.747. The number of hydrogen-bond donors (Lipinski definition) is 1. The first-order chi connectivity index (χ1) is 8.58. The lowest BCUT2D eigenvalue weighted by Crippen LogP contribution is -2.48. The van der Waals surface area contributed by atoms with Gasteiger partial charge in [0.25, 0.3) is 0 Å². The molecule has 0 radical (unpaired) electrons. The Labute approximate surface area is 113 Å². The van der Waals surface area contributed by atoms with Gasteiger partial charge in [-0.2, -0.15) is 0 Å². The van der Waals surface area contributed by atoms with E-state index in [0.717, 1.165) is 35.1 Å². The summed E-state index contributed by atoms with van der Waals surface area (Å²) in [6.07, 6.45) is 12.2. The molecule has 4 aliphatic carbocycles. The van der Waals surface area contributed by atoms with Gasteiger partial charge in [-0.15, -0.1) is 0 Å². The van der Waals surface area contributed by atoms with Crippen LogP contribution in [0.2, 0.25) is 0 Å². The summed E-state index contributed by atoms with van der Waals surface area (Å²) in [7, 11) is 2.17. The van der Waals surface area contributed by atoms with Crippen molar-refractivity contribution in [3.63, 3.8) is 0 Å². The van der Waals surface area contributed by atoms with E-state index >= 15 is 0 Å². The molecule has 18 heavy (non-hydrogen) atoms. The standard InChI is InChI=1S/C17H31N/c1-12(2)4-16(18-3)11-17-8-13-5-14(9-17)7-15(6-13)10-17/h12-16,18H,4-11H2,1-3H3. The first-order valence-electron chi connectivity index (χ1n) is 8.26. The molecule has 0 aromatic carbocycles. The highest BCUT2D eigenvalue weighted by molar-refractivity contribution is 5.02. The van der Waals surface area contributed by atoms with E-state index in [2.05, 4.69) is 26.2 Å². The van der Waals surface area contributed by atoms with Crippen LogP contribution >= 0.6 is 0 Å². The molecule has 4 aliphatic rings. The van der Waals surface area contributed by atoms with Gasteiger partial charge in [0.2, 0.25) is 0 Å². The maximum absolute atomic E-state index is 3.61. The Kier molecular flexibility index (Phi) is 3.47. The van der Waals surface area contributed by atoms with Gasteiger partial charge in [0.05, 0.1) is 0 Å². The minimum absolute atomic E-state index is 0.747. The lowest BCUT2D eigenvalue weighted by molar-refractivity contribution is -0.0625. The van der Waals surface area contributed by atoms with Gasteiger partial charge in [0.15, 0.2) is 0 Å². The van der Waals surface area contributed by atoms with Crippen LogP contribution in [0.3, 0.4) is 0 Å². The second-order valence-electron chi connectivity index (χ2n) is 8.24. The van der Waals surface area contributed by atoms with Gasteiger partial charge < -0.3 is 5.32 Å². The molecule has 0 spiro atoms. The van der Waals surface area contributed by atoms with Crippen LogP contribution in [0, 0.1) is 29.1 Å². The van der Waals surface area contributed by atoms with Crippen LogP contribution in [-0.2, 0) is 0 Å². The molecule has 0 heterocycles. The van der Waals surface area contributed by atoms with Gasteiger partial charge in [0.1, 0.15) is 0 Å². The molecule has 4 rings (SSSR count). The number of rotatable bonds is 5. The summed E-state index contributed by atoms with van der Waals surface area (Å²) in [5.41, 5.74) is 0.747. The highest BCUT2D eigenvalue weighted by Gasteiger charge is 2.51. The zero-order valence-corrected chi connectivity index (χ0v) is 12.5. The summed E-state index contributed by atoms with van der Waals surface area (Å²) in [6.45, 7) is 4.73. The summed E-state index contributed by atoms with van der Waals surface area (Å²) < 4.78 is 0. The molecular formula is C17H31N. The number of hydrogen-bond acceptors (Lipinski definition) is 1. The molecule has 4 fully saturated rings. The van der Waals surface area contributed by atoms with E-state index < -0.39 is 0 Å². The topological polar surface area (TPSA) is 12.0 Å². The quantitative estimate of drug-likeness (QED) is 0.769. The average molecular weight is 249 g/mol. The smallest absolute Gasteiger partial charge is 0.00717 e. The first-order valence-corrected chi connectivity index (χ1v) is 8.26. The fraction of sp³-hybridized carbons (Fsp3) is 1.00. The maximum atomic E-state index is 3.61. The maximum Gasteiger partial charge on any atom is 0.00717 e. The first kappa shape index (κ1) is 13.0. The van der Waals surface area contributed by atoms with Crippen LogP contribution in [0.5, 0.6) is 0 Å². The molecule has 0 aromatic rings. The molecule has 1 atom stereocenters. The minimum Gasteiger partial charge on any atom is -0.317 e. The summed E-state index contributed by atoms with van der Waals surface area (Å²) in [4.78, 5) is 0.